The molecule has 3 rings (SSSR count). The van der Waals surface area contributed by atoms with Crippen LogP contribution < -0.4 is 5.32 Å². The Morgan fingerprint density at radius 3 is 2.21 bits per heavy atom. The summed E-state index contributed by atoms with van der Waals surface area (Å²) in [6.07, 6.45) is 4.64. The number of nitrogens with one attached hydrogen (secondary N) is 1. The van der Waals surface area contributed by atoms with E-state index in [-0.39, 0.29) is 17.7 Å². The lowest BCUT2D eigenvalue weighted by atomic mass is 10.1. The summed E-state index contributed by atoms with van der Waals surface area (Å²) >= 11 is 0. The van der Waals surface area contributed by atoms with E-state index in [0.717, 1.165) is 25.9 Å². The highest BCUT2D eigenvalue weighted by Crippen LogP contribution is 2.15. The van der Waals surface area contributed by atoms with Gasteiger partial charge in [0.1, 0.15) is 0 Å². The molecule has 2 aliphatic heterocycles. The minimum Gasteiger partial charge on any atom is -0.342 e. The van der Waals surface area contributed by atoms with Gasteiger partial charge in [0.05, 0.1) is 6.54 Å². The Kier molecular flexibility index (Phi) is 7.03. The third-order valence-electron chi connectivity index (χ3n) is 5.41. The Morgan fingerprint density at radius 2 is 1.57 bits per heavy atom. The first-order valence-electron chi connectivity index (χ1n) is 10.2. The molecular weight excluding hydrogens is 356 g/mol. The van der Waals surface area contributed by atoms with Crippen LogP contribution in [-0.2, 0) is 9.59 Å². The molecule has 1 aromatic carbocycles. The van der Waals surface area contributed by atoms with Gasteiger partial charge in [-0.3, -0.25) is 19.3 Å². The standard InChI is InChI=1S/C21H30N4O3/c1-17(26)22-19-8-6-7-18(15-19)21(28)25-13-11-23(12-14-25)16-20(27)24-9-4-2-3-5-10-24/h6-8,15H,2-5,9-14,16H2,1H3,(H,22,26). The van der Waals surface area contributed by atoms with Crippen molar-refractivity contribution in [2.45, 2.75) is 32.6 Å². The number of benzene rings is 1. The highest BCUT2D eigenvalue weighted by Gasteiger charge is 2.25. The molecule has 0 aliphatic carbocycles. The lowest BCUT2D eigenvalue weighted by molar-refractivity contribution is -0.132. The van der Waals surface area contributed by atoms with Crippen LogP contribution in [0.5, 0.6) is 0 Å². The molecule has 7 nitrogen and oxygen atoms in total. The van der Waals surface area contributed by atoms with E-state index in [1.165, 1.54) is 19.8 Å². The second-order valence-electron chi connectivity index (χ2n) is 7.63. The average Bonchev–Trinajstić information content (AvgIpc) is 2.97. The summed E-state index contributed by atoms with van der Waals surface area (Å²) in [6.45, 7) is 6.27. The highest BCUT2D eigenvalue weighted by atomic mass is 16.2. The molecule has 1 N–H and O–H groups in total. The summed E-state index contributed by atoms with van der Waals surface area (Å²) in [6, 6.07) is 7.01. The largest absolute Gasteiger partial charge is 0.342 e. The minimum atomic E-state index is -0.160. The van der Waals surface area contributed by atoms with E-state index in [9.17, 15) is 14.4 Å². The van der Waals surface area contributed by atoms with Gasteiger partial charge in [-0.15, -0.1) is 0 Å². The predicted molar refractivity (Wildman–Crippen MR) is 108 cm³/mol. The monoisotopic (exact) mass is 386 g/mol. The number of hydrogen-bond donors (Lipinski definition) is 1. The molecule has 7 heteroatoms. The molecule has 0 radical (unpaired) electrons. The predicted octanol–water partition coefficient (Wildman–Crippen LogP) is 1.81. The quantitative estimate of drug-likeness (QED) is 0.857. The van der Waals surface area contributed by atoms with Gasteiger partial charge in [-0.2, -0.15) is 0 Å². The molecule has 28 heavy (non-hydrogen) atoms. The molecule has 2 saturated heterocycles. The summed E-state index contributed by atoms with van der Waals surface area (Å²) in [5.74, 6) is 0.0164. The SMILES string of the molecule is CC(=O)Nc1cccc(C(=O)N2CCN(CC(=O)N3CCCCCC3)CC2)c1. The molecule has 2 aliphatic rings. The van der Waals surface area contributed by atoms with E-state index >= 15 is 0 Å². The zero-order valence-electron chi connectivity index (χ0n) is 16.7. The van der Waals surface area contributed by atoms with Crippen molar-refractivity contribution in [2.24, 2.45) is 0 Å². The highest BCUT2D eigenvalue weighted by molar-refractivity contribution is 5.96. The van der Waals surface area contributed by atoms with Gasteiger partial charge in [-0.05, 0) is 31.0 Å². The van der Waals surface area contributed by atoms with Crippen LogP contribution in [0.25, 0.3) is 0 Å². The molecule has 0 saturated carbocycles. The van der Waals surface area contributed by atoms with Gasteiger partial charge in [0.15, 0.2) is 0 Å². The number of rotatable bonds is 4. The third-order valence-corrected chi connectivity index (χ3v) is 5.41. The summed E-state index contributed by atoms with van der Waals surface area (Å²) in [7, 11) is 0. The number of carbonyl (C=O) groups excluding carboxylic acids is 3. The normalized spacial score (nSPS) is 18.5. The summed E-state index contributed by atoms with van der Waals surface area (Å²) in [5, 5.41) is 2.71. The van der Waals surface area contributed by atoms with Gasteiger partial charge >= 0.3 is 0 Å². The molecule has 0 spiro atoms. The first-order chi connectivity index (χ1) is 13.5. The van der Waals surface area contributed by atoms with Crippen LogP contribution in [0.1, 0.15) is 43.0 Å². The number of anilines is 1. The first kappa shape index (κ1) is 20.3. The number of hydrogen-bond acceptors (Lipinski definition) is 4. The smallest absolute Gasteiger partial charge is 0.254 e. The van der Waals surface area contributed by atoms with E-state index in [1.807, 2.05) is 9.80 Å². The van der Waals surface area contributed by atoms with Crippen LogP contribution in [0.3, 0.4) is 0 Å². The molecular formula is C21H30N4O3. The average molecular weight is 386 g/mol. The summed E-state index contributed by atoms with van der Waals surface area (Å²) in [5.41, 5.74) is 1.19. The van der Waals surface area contributed by atoms with Crippen molar-refractivity contribution in [3.63, 3.8) is 0 Å². The van der Waals surface area contributed by atoms with Crippen molar-refractivity contribution in [1.82, 2.24) is 14.7 Å². The van der Waals surface area contributed by atoms with Crippen LogP contribution in [0.2, 0.25) is 0 Å². The van der Waals surface area contributed by atoms with Crippen molar-refractivity contribution < 1.29 is 14.4 Å². The van der Waals surface area contributed by atoms with E-state index in [2.05, 4.69) is 10.2 Å². The molecule has 152 valence electrons. The number of likely N-dealkylation sites (tertiary alicyclic amines) is 1. The van der Waals surface area contributed by atoms with Gasteiger partial charge in [0.2, 0.25) is 11.8 Å². The fourth-order valence-corrected chi connectivity index (χ4v) is 3.84. The second kappa shape index (κ2) is 9.68. The van der Waals surface area contributed by atoms with E-state index in [4.69, 9.17) is 0 Å². The van der Waals surface area contributed by atoms with Crippen LogP contribution in [-0.4, -0.2) is 78.2 Å². The maximum atomic E-state index is 12.8. The van der Waals surface area contributed by atoms with Crippen LogP contribution in [0.4, 0.5) is 5.69 Å². The maximum absolute atomic E-state index is 12.8. The van der Waals surface area contributed by atoms with E-state index in [0.29, 0.717) is 44.0 Å². The molecule has 0 unspecified atom stereocenters. The van der Waals surface area contributed by atoms with E-state index in [1.54, 1.807) is 24.3 Å². The van der Waals surface area contributed by atoms with Gasteiger partial charge in [-0.1, -0.05) is 18.9 Å². The van der Waals surface area contributed by atoms with Gasteiger partial charge in [0, 0.05) is 57.4 Å². The second-order valence-corrected chi connectivity index (χ2v) is 7.63. The van der Waals surface area contributed by atoms with Gasteiger partial charge in [-0.25, -0.2) is 0 Å². The molecule has 0 atom stereocenters. The number of nitrogens with zero attached hydrogens (tertiary/aromatic N) is 3. The van der Waals surface area contributed by atoms with Crippen molar-refractivity contribution in [1.29, 1.82) is 0 Å². The Labute approximate surface area is 166 Å². The Balaban J connectivity index is 1.50. The fraction of sp³-hybridized carbons (Fsp3) is 0.571. The van der Waals surface area contributed by atoms with Crippen LogP contribution >= 0.6 is 0 Å². The molecule has 1 aromatic rings. The Morgan fingerprint density at radius 1 is 0.893 bits per heavy atom. The zero-order valence-corrected chi connectivity index (χ0v) is 16.7. The van der Waals surface area contributed by atoms with Crippen LogP contribution in [0, 0.1) is 0 Å². The first-order valence-corrected chi connectivity index (χ1v) is 10.2. The lowest BCUT2D eigenvalue weighted by Crippen LogP contribution is -2.51. The topological polar surface area (TPSA) is 73.0 Å². The van der Waals surface area contributed by atoms with Crippen molar-refractivity contribution in [2.75, 3.05) is 51.1 Å². The molecule has 0 aromatic heterocycles. The number of piperazine rings is 1. The number of amides is 3. The molecule has 0 bridgehead atoms. The van der Waals surface area contributed by atoms with Crippen molar-refractivity contribution >= 4 is 23.4 Å². The minimum absolute atomic E-state index is 0.0364. The third kappa shape index (κ3) is 5.55. The summed E-state index contributed by atoms with van der Waals surface area (Å²) in [4.78, 5) is 42.5. The van der Waals surface area contributed by atoms with Gasteiger partial charge < -0.3 is 15.1 Å². The van der Waals surface area contributed by atoms with Crippen LogP contribution in [0.15, 0.2) is 24.3 Å². The zero-order chi connectivity index (χ0) is 19.9. The molecule has 2 heterocycles. The van der Waals surface area contributed by atoms with Crippen molar-refractivity contribution in [3.8, 4) is 0 Å². The summed E-state index contributed by atoms with van der Waals surface area (Å²) < 4.78 is 0. The maximum Gasteiger partial charge on any atom is 0.254 e. The Bertz CT molecular complexity index is 705. The Hall–Kier alpha value is -2.41. The molecule has 3 amide bonds. The van der Waals surface area contributed by atoms with Gasteiger partial charge in [0.25, 0.3) is 5.91 Å². The fourth-order valence-electron chi connectivity index (χ4n) is 3.84. The lowest BCUT2D eigenvalue weighted by Gasteiger charge is -2.35. The number of carbonyl (C=O) groups is 3. The van der Waals surface area contributed by atoms with E-state index < -0.39 is 0 Å². The van der Waals surface area contributed by atoms with Crippen molar-refractivity contribution in [3.05, 3.63) is 29.8 Å². The molecule has 2 fully saturated rings.